The van der Waals surface area contributed by atoms with Gasteiger partial charge in [0.15, 0.2) is 0 Å². The number of carbonyl (C=O) groups excluding carboxylic acids is 2. The molecular weight excluding hydrogens is 304 g/mol. The molecule has 2 saturated heterocycles. The molecule has 2 heterocycles. The molecule has 0 bridgehead atoms. The summed E-state index contributed by atoms with van der Waals surface area (Å²) in [7, 11) is 0. The molecule has 24 heavy (non-hydrogen) atoms. The third-order valence-corrected chi connectivity index (χ3v) is 4.74. The SMILES string of the molecule is O=C1CCN(C(=O)CN2CCN(Cc3ccccc3)CC2)CCN1. The predicted molar refractivity (Wildman–Crippen MR) is 92.4 cm³/mol. The van der Waals surface area contributed by atoms with Gasteiger partial charge in [0.25, 0.3) is 0 Å². The van der Waals surface area contributed by atoms with Crippen molar-refractivity contribution >= 4 is 11.8 Å². The molecule has 2 aliphatic rings. The van der Waals surface area contributed by atoms with Crippen molar-refractivity contribution in [1.82, 2.24) is 20.0 Å². The molecule has 6 heteroatoms. The van der Waals surface area contributed by atoms with Crippen LogP contribution in [0.15, 0.2) is 30.3 Å². The zero-order valence-electron chi connectivity index (χ0n) is 14.1. The smallest absolute Gasteiger partial charge is 0.236 e. The van der Waals surface area contributed by atoms with E-state index in [4.69, 9.17) is 0 Å². The van der Waals surface area contributed by atoms with Gasteiger partial charge in [0.1, 0.15) is 0 Å². The molecule has 0 aromatic heterocycles. The quantitative estimate of drug-likeness (QED) is 0.854. The second-order valence-electron chi connectivity index (χ2n) is 6.52. The minimum absolute atomic E-state index is 0.0415. The second-order valence-corrected chi connectivity index (χ2v) is 6.52. The summed E-state index contributed by atoms with van der Waals surface area (Å²) in [5, 5.41) is 2.81. The number of rotatable bonds is 4. The molecule has 2 amide bonds. The summed E-state index contributed by atoms with van der Waals surface area (Å²) in [4.78, 5) is 30.3. The van der Waals surface area contributed by atoms with Gasteiger partial charge in [-0.3, -0.25) is 19.4 Å². The van der Waals surface area contributed by atoms with Crippen LogP contribution < -0.4 is 5.32 Å². The molecule has 1 aromatic rings. The Hall–Kier alpha value is -1.92. The maximum atomic E-state index is 12.4. The van der Waals surface area contributed by atoms with Crippen molar-refractivity contribution in [3.8, 4) is 0 Å². The van der Waals surface area contributed by atoms with Crippen LogP contribution in [0.1, 0.15) is 12.0 Å². The molecule has 0 unspecified atom stereocenters. The first kappa shape index (κ1) is 16.9. The molecule has 2 aliphatic heterocycles. The van der Waals surface area contributed by atoms with Gasteiger partial charge in [0.2, 0.25) is 11.8 Å². The van der Waals surface area contributed by atoms with Crippen molar-refractivity contribution in [2.75, 3.05) is 52.4 Å². The summed E-state index contributed by atoms with van der Waals surface area (Å²) in [5.41, 5.74) is 1.34. The van der Waals surface area contributed by atoms with Crippen LogP contribution in [0.2, 0.25) is 0 Å². The normalized spacial score (nSPS) is 20.5. The Bertz CT molecular complexity index is 555. The lowest BCUT2D eigenvalue weighted by Gasteiger charge is -2.35. The first-order valence-corrected chi connectivity index (χ1v) is 8.74. The maximum Gasteiger partial charge on any atom is 0.236 e. The Morgan fingerprint density at radius 1 is 0.958 bits per heavy atom. The molecule has 6 nitrogen and oxygen atoms in total. The van der Waals surface area contributed by atoms with Crippen LogP contribution in [0.25, 0.3) is 0 Å². The fourth-order valence-corrected chi connectivity index (χ4v) is 3.25. The molecule has 1 N–H and O–H groups in total. The van der Waals surface area contributed by atoms with Gasteiger partial charge < -0.3 is 10.2 Å². The van der Waals surface area contributed by atoms with Crippen molar-refractivity contribution in [3.63, 3.8) is 0 Å². The van der Waals surface area contributed by atoms with Gasteiger partial charge in [-0.25, -0.2) is 0 Å². The molecule has 0 saturated carbocycles. The fourth-order valence-electron chi connectivity index (χ4n) is 3.25. The lowest BCUT2D eigenvalue weighted by molar-refractivity contribution is -0.132. The Morgan fingerprint density at radius 2 is 1.67 bits per heavy atom. The Balaban J connectivity index is 1.41. The van der Waals surface area contributed by atoms with Crippen molar-refractivity contribution < 1.29 is 9.59 Å². The molecule has 2 fully saturated rings. The van der Waals surface area contributed by atoms with E-state index in [9.17, 15) is 9.59 Å². The zero-order valence-corrected chi connectivity index (χ0v) is 14.1. The molecule has 0 radical (unpaired) electrons. The van der Waals surface area contributed by atoms with Crippen LogP contribution in [-0.2, 0) is 16.1 Å². The topological polar surface area (TPSA) is 55.9 Å². The molecule has 1 aromatic carbocycles. The third kappa shape index (κ3) is 4.79. The number of hydrogen-bond donors (Lipinski definition) is 1. The van der Waals surface area contributed by atoms with E-state index in [2.05, 4.69) is 39.4 Å². The lowest BCUT2D eigenvalue weighted by Crippen LogP contribution is -2.50. The Morgan fingerprint density at radius 3 is 2.42 bits per heavy atom. The van der Waals surface area contributed by atoms with Crippen LogP contribution in [-0.4, -0.2) is 78.9 Å². The van der Waals surface area contributed by atoms with E-state index in [0.29, 0.717) is 32.6 Å². The zero-order chi connectivity index (χ0) is 16.8. The average molecular weight is 330 g/mol. The van der Waals surface area contributed by atoms with Gasteiger partial charge >= 0.3 is 0 Å². The van der Waals surface area contributed by atoms with E-state index in [1.54, 1.807) is 0 Å². The number of amides is 2. The van der Waals surface area contributed by atoms with Gasteiger partial charge in [-0.05, 0) is 5.56 Å². The molecule has 0 aliphatic carbocycles. The number of benzene rings is 1. The molecule has 3 rings (SSSR count). The summed E-state index contributed by atoms with van der Waals surface area (Å²) in [6.07, 6.45) is 0.413. The van der Waals surface area contributed by atoms with Crippen LogP contribution in [0, 0.1) is 0 Å². The highest BCUT2D eigenvalue weighted by Crippen LogP contribution is 2.09. The second kappa shape index (κ2) is 8.26. The number of nitrogens with zero attached hydrogens (tertiary/aromatic N) is 3. The summed E-state index contributed by atoms with van der Waals surface area (Å²) in [6.45, 7) is 6.99. The van der Waals surface area contributed by atoms with E-state index in [1.807, 2.05) is 11.0 Å². The minimum Gasteiger partial charge on any atom is -0.354 e. The van der Waals surface area contributed by atoms with Gasteiger partial charge in [0.05, 0.1) is 6.54 Å². The van der Waals surface area contributed by atoms with Crippen LogP contribution in [0.3, 0.4) is 0 Å². The van der Waals surface area contributed by atoms with E-state index < -0.39 is 0 Å². The molecule has 0 spiro atoms. The lowest BCUT2D eigenvalue weighted by atomic mass is 10.2. The fraction of sp³-hybridized carbons (Fsp3) is 0.556. The monoisotopic (exact) mass is 330 g/mol. The van der Waals surface area contributed by atoms with E-state index >= 15 is 0 Å². The summed E-state index contributed by atoms with van der Waals surface area (Å²) in [6, 6.07) is 10.5. The van der Waals surface area contributed by atoms with Gasteiger partial charge in [-0.2, -0.15) is 0 Å². The van der Waals surface area contributed by atoms with Gasteiger partial charge in [-0.15, -0.1) is 0 Å². The van der Waals surface area contributed by atoms with Gasteiger partial charge in [-0.1, -0.05) is 30.3 Å². The number of piperazine rings is 1. The van der Waals surface area contributed by atoms with Crippen molar-refractivity contribution in [1.29, 1.82) is 0 Å². The summed E-state index contributed by atoms with van der Waals surface area (Å²) >= 11 is 0. The maximum absolute atomic E-state index is 12.4. The Labute approximate surface area is 143 Å². The molecule has 0 atom stereocenters. The number of hydrogen-bond acceptors (Lipinski definition) is 4. The molecular formula is C18H26N4O2. The van der Waals surface area contributed by atoms with Gasteiger partial charge in [0, 0.05) is 58.8 Å². The van der Waals surface area contributed by atoms with Crippen molar-refractivity contribution in [3.05, 3.63) is 35.9 Å². The first-order valence-electron chi connectivity index (χ1n) is 8.74. The summed E-state index contributed by atoms with van der Waals surface area (Å²) in [5.74, 6) is 0.183. The van der Waals surface area contributed by atoms with E-state index in [1.165, 1.54) is 5.56 Å². The summed E-state index contributed by atoms with van der Waals surface area (Å²) < 4.78 is 0. The highest BCUT2D eigenvalue weighted by Gasteiger charge is 2.23. The molecule has 130 valence electrons. The highest BCUT2D eigenvalue weighted by molar-refractivity contribution is 5.81. The van der Waals surface area contributed by atoms with Crippen LogP contribution in [0.5, 0.6) is 0 Å². The van der Waals surface area contributed by atoms with Crippen LogP contribution in [0.4, 0.5) is 0 Å². The van der Waals surface area contributed by atoms with Crippen molar-refractivity contribution in [2.45, 2.75) is 13.0 Å². The average Bonchev–Trinajstić information content (AvgIpc) is 2.82. The number of carbonyl (C=O) groups is 2. The number of nitrogens with one attached hydrogen (secondary N) is 1. The highest BCUT2D eigenvalue weighted by atomic mass is 16.2. The minimum atomic E-state index is 0.0415. The van der Waals surface area contributed by atoms with E-state index in [-0.39, 0.29) is 11.8 Å². The third-order valence-electron chi connectivity index (χ3n) is 4.74. The van der Waals surface area contributed by atoms with Crippen molar-refractivity contribution in [2.24, 2.45) is 0 Å². The predicted octanol–water partition coefficient (Wildman–Crippen LogP) is 0.153. The van der Waals surface area contributed by atoms with E-state index in [0.717, 1.165) is 32.7 Å². The van der Waals surface area contributed by atoms with Crippen LogP contribution >= 0.6 is 0 Å². The largest absolute Gasteiger partial charge is 0.354 e. The Kier molecular flexibility index (Phi) is 5.82. The first-order chi connectivity index (χ1) is 11.7. The standard InChI is InChI=1S/C18H26N4O2/c23-17-6-8-22(9-7-19-17)18(24)15-21-12-10-20(11-13-21)14-16-4-2-1-3-5-16/h1-5H,6-15H2,(H,19,23).